The van der Waals surface area contributed by atoms with Gasteiger partial charge in [-0.3, -0.25) is 0 Å². The number of carbonyl (C=O) groups excluding carboxylic acids is 2. The Hall–Kier alpha value is -1.53. The van der Waals surface area contributed by atoms with Crippen molar-refractivity contribution in [1.82, 2.24) is 10.6 Å². The number of urea groups is 1. The molecule has 0 saturated heterocycles. The van der Waals surface area contributed by atoms with E-state index in [1.807, 2.05) is 24.3 Å². The lowest BCUT2D eigenvalue weighted by atomic mass is 9.95. The lowest BCUT2D eigenvalue weighted by Crippen LogP contribution is -2.46. The second kappa shape index (κ2) is 6.95. The van der Waals surface area contributed by atoms with Crippen molar-refractivity contribution >= 4 is 39.5 Å². The Bertz CT molecular complexity index is 604. The van der Waals surface area contributed by atoms with Gasteiger partial charge in [0.2, 0.25) is 0 Å². The van der Waals surface area contributed by atoms with Gasteiger partial charge < -0.3 is 15.4 Å². The molecule has 0 spiro atoms. The molecule has 1 aliphatic heterocycles. The molecule has 21 heavy (non-hydrogen) atoms. The second-order valence-corrected chi connectivity index (χ2v) is 5.52. The molecule has 0 radical (unpaired) electrons. The number of carbonyl (C=O) groups is 2. The molecule has 1 aliphatic rings. The van der Waals surface area contributed by atoms with E-state index in [-0.39, 0.29) is 12.5 Å². The van der Waals surface area contributed by atoms with Gasteiger partial charge in [0.1, 0.15) is 0 Å². The number of benzene rings is 1. The standard InChI is InChI=1S/C14H14BrClN2O3/c1-2-21-13(19)11-10(7-16)17-14(20)18-12(11)8-4-3-5-9(15)6-8/h3-6,12H,2,7H2,1H3,(H2,17,18,20). The highest BCUT2D eigenvalue weighted by atomic mass is 79.9. The number of ether oxygens (including phenoxy) is 1. The van der Waals surface area contributed by atoms with Crippen molar-refractivity contribution in [2.45, 2.75) is 13.0 Å². The fraction of sp³-hybridized carbons (Fsp3) is 0.286. The molecule has 0 bridgehead atoms. The number of rotatable bonds is 4. The molecule has 1 heterocycles. The molecular weight excluding hydrogens is 360 g/mol. The number of amides is 2. The van der Waals surface area contributed by atoms with Crippen LogP contribution in [0.3, 0.4) is 0 Å². The zero-order chi connectivity index (χ0) is 15.4. The third-order valence-corrected chi connectivity index (χ3v) is 3.73. The quantitative estimate of drug-likeness (QED) is 0.630. The van der Waals surface area contributed by atoms with Gasteiger partial charge in [-0.25, -0.2) is 9.59 Å². The fourth-order valence-corrected chi connectivity index (χ4v) is 2.74. The molecule has 7 heteroatoms. The molecule has 2 amide bonds. The first kappa shape index (κ1) is 15.9. The first-order valence-corrected chi connectivity index (χ1v) is 7.68. The van der Waals surface area contributed by atoms with E-state index < -0.39 is 18.0 Å². The molecule has 1 atom stereocenters. The highest BCUT2D eigenvalue weighted by Gasteiger charge is 2.33. The van der Waals surface area contributed by atoms with Crippen LogP contribution in [0.5, 0.6) is 0 Å². The lowest BCUT2D eigenvalue weighted by molar-refractivity contribution is -0.139. The Balaban J connectivity index is 2.49. The highest BCUT2D eigenvalue weighted by Crippen LogP contribution is 2.29. The number of hydrogen-bond acceptors (Lipinski definition) is 3. The van der Waals surface area contributed by atoms with E-state index in [2.05, 4.69) is 26.6 Å². The molecule has 0 saturated carbocycles. The summed E-state index contributed by atoms with van der Waals surface area (Å²) >= 11 is 9.23. The van der Waals surface area contributed by atoms with Crippen molar-refractivity contribution < 1.29 is 14.3 Å². The summed E-state index contributed by atoms with van der Waals surface area (Å²) in [5.41, 5.74) is 1.46. The summed E-state index contributed by atoms with van der Waals surface area (Å²) in [5, 5.41) is 5.28. The summed E-state index contributed by atoms with van der Waals surface area (Å²) < 4.78 is 5.92. The topological polar surface area (TPSA) is 67.4 Å². The SMILES string of the molecule is CCOC(=O)C1=C(CCl)NC(=O)NC1c1cccc(Br)c1. The molecule has 2 rings (SSSR count). The molecule has 1 unspecified atom stereocenters. The van der Waals surface area contributed by atoms with E-state index in [4.69, 9.17) is 16.3 Å². The van der Waals surface area contributed by atoms with Crippen LogP contribution in [0.15, 0.2) is 40.0 Å². The van der Waals surface area contributed by atoms with Gasteiger partial charge in [-0.2, -0.15) is 0 Å². The molecule has 2 N–H and O–H groups in total. The molecule has 0 fully saturated rings. The minimum Gasteiger partial charge on any atom is -0.463 e. The predicted molar refractivity (Wildman–Crippen MR) is 82.9 cm³/mol. The van der Waals surface area contributed by atoms with Gasteiger partial charge in [0, 0.05) is 10.2 Å². The Labute approximate surface area is 135 Å². The van der Waals surface area contributed by atoms with Crippen LogP contribution in [0, 0.1) is 0 Å². The largest absolute Gasteiger partial charge is 0.463 e. The molecular formula is C14H14BrClN2O3. The van der Waals surface area contributed by atoms with Crippen LogP contribution in [-0.2, 0) is 9.53 Å². The maximum Gasteiger partial charge on any atom is 0.338 e. The minimum absolute atomic E-state index is 0.0199. The molecule has 112 valence electrons. The van der Waals surface area contributed by atoms with Gasteiger partial charge in [0.15, 0.2) is 0 Å². The Morgan fingerprint density at radius 3 is 2.86 bits per heavy atom. The van der Waals surface area contributed by atoms with Crippen molar-refractivity contribution in [3.05, 3.63) is 45.6 Å². The zero-order valence-corrected chi connectivity index (χ0v) is 13.6. The van der Waals surface area contributed by atoms with Gasteiger partial charge in [-0.05, 0) is 24.6 Å². The number of esters is 1. The lowest BCUT2D eigenvalue weighted by Gasteiger charge is -2.28. The summed E-state index contributed by atoms with van der Waals surface area (Å²) in [5.74, 6) is -0.475. The van der Waals surface area contributed by atoms with E-state index in [1.165, 1.54) is 0 Å². The maximum atomic E-state index is 12.2. The number of alkyl halides is 1. The molecule has 1 aromatic carbocycles. The van der Waals surface area contributed by atoms with Crippen molar-refractivity contribution in [2.24, 2.45) is 0 Å². The van der Waals surface area contributed by atoms with Crippen molar-refractivity contribution in [1.29, 1.82) is 0 Å². The van der Waals surface area contributed by atoms with E-state index in [9.17, 15) is 9.59 Å². The van der Waals surface area contributed by atoms with E-state index in [1.54, 1.807) is 6.92 Å². The Morgan fingerprint density at radius 2 is 2.24 bits per heavy atom. The van der Waals surface area contributed by atoms with Crippen LogP contribution in [0.25, 0.3) is 0 Å². The summed E-state index contributed by atoms with van der Waals surface area (Å²) in [4.78, 5) is 23.9. The van der Waals surface area contributed by atoms with Gasteiger partial charge in [-0.15, -0.1) is 11.6 Å². The van der Waals surface area contributed by atoms with Gasteiger partial charge in [0.25, 0.3) is 0 Å². The molecule has 0 aromatic heterocycles. The normalized spacial score (nSPS) is 18.0. The van der Waals surface area contributed by atoms with E-state index >= 15 is 0 Å². The predicted octanol–water partition coefficient (Wildman–Crippen LogP) is 2.86. The summed E-state index contributed by atoms with van der Waals surface area (Å²) in [6.45, 7) is 1.97. The third kappa shape index (κ3) is 3.57. The second-order valence-electron chi connectivity index (χ2n) is 4.33. The van der Waals surface area contributed by atoms with E-state index in [0.717, 1.165) is 10.0 Å². The van der Waals surface area contributed by atoms with Crippen LogP contribution in [0.4, 0.5) is 4.79 Å². The number of halogens is 2. The Morgan fingerprint density at radius 1 is 1.48 bits per heavy atom. The molecule has 0 aliphatic carbocycles. The van der Waals surface area contributed by atoms with Crippen LogP contribution in [0.2, 0.25) is 0 Å². The average molecular weight is 374 g/mol. The third-order valence-electron chi connectivity index (χ3n) is 2.96. The van der Waals surface area contributed by atoms with Gasteiger partial charge in [0.05, 0.1) is 24.1 Å². The average Bonchev–Trinajstić information content (AvgIpc) is 2.46. The smallest absolute Gasteiger partial charge is 0.338 e. The van der Waals surface area contributed by atoms with Crippen LogP contribution < -0.4 is 10.6 Å². The number of nitrogens with one attached hydrogen (secondary N) is 2. The minimum atomic E-state index is -0.593. The molecule has 5 nitrogen and oxygen atoms in total. The number of hydrogen-bond donors (Lipinski definition) is 2. The van der Waals surface area contributed by atoms with Gasteiger partial charge in [-0.1, -0.05) is 28.1 Å². The zero-order valence-electron chi connectivity index (χ0n) is 11.3. The summed E-state index contributed by atoms with van der Waals surface area (Å²) in [6.07, 6.45) is 0. The number of allylic oxidation sites excluding steroid dienone is 1. The van der Waals surface area contributed by atoms with Crippen LogP contribution >= 0.6 is 27.5 Å². The molecule has 1 aromatic rings. The highest BCUT2D eigenvalue weighted by molar-refractivity contribution is 9.10. The van der Waals surface area contributed by atoms with Crippen molar-refractivity contribution in [2.75, 3.05) is 12.5 Å². The van der Waals surface area contributed by atoms with Gasteiger partial charge >= 0.3 is 12.0 Å². The summed E-state index contributed by atoms with van der Waals surface area (Å²) in [7, 11) is 0. The van der Waals surface area contributed by atoms with Crippen molar-refractivity contribution in [3.63, 3.8) is 0 Å². The monoisotopic (exact) mass is 372 g/mol. The van der Waals surface area contributed by atoms with Crippen molar-refractivity contribution in [3.8, 4) is 0 Å². The Kier molecular flexibility index (Phi) is 5.25. The summed E-state index contributed by atoms with van der Waals surface area (Å²) in [6, 6.07) is 6.36. The van der Waals surface area contributed by atoms with Crippen LogP contribution in [0.1, 0.15) is 18.5 Å². The fourth-order valence-electron chi connectivity index (χ4n) is 2.11. The first-order chi connectivity index (χ1) is 10.1. The van der Waals surface area contributed by atoms with E-state index in [0.29, 0.717) is 11.3 Å². The first-order valence-electron chi connectivity index (χ1n) is 6.36. The maximum absolute atomic E-state index is 12.2. The van der Waals surface area contributed by atoms with Crippen LogP contribution in [-0.4, -0.2) is 24.5 Å².